The fourth-order valence-electron chi connectivity index (χ4n) is 3.64. The van der Waals surface area contributed by atoms with E-state index in [-0.39, 0.29) is 17.6 Å². The number of benzene rings is 3. The van der Waals surface area contributed by atoms with Crippen LogP contribution in [0.15, 0.2) is 59.0 Å². The highest BCUT2D eigenvalue weighted by Crippen LogP contribution is 2.34. The summed E-state index contributed by atoms with van der Waals surface area (Å²) in [5.74, 6) is 0.268. The Labute approximate surface area is 166 Å². The number of rotatable bonds is 2. The van der Waals surface area contributed by atoms with Crippen LogP contribution in [-0.4, -0.2) is 17.9 Å². The summed E-state index contributed by atoms with van der Waals surface area (Å²) in [7, 11) is 0. The molecule has 4 aromatic rings. The van der Waals surface area contributed by atoms with Gasteiger partial charge in [-0.3, -0.25) is 9.59 Å². The zero-order chi connectivity index (χ0) is 20.1. The largest absolute Gasteiger partial charge is 0.479 e. The van der Waals surface area contributed by atoms with E-state index in [4.69, 9.17) is 9.15 Å². The molecule has 2 heterocycles. The molecule has 2 amide bonds. The third-order valence-electron chi connectivity index (χ3n) is 5.20. The molecule has 1 aromatic heterocycles. The fraction of sp³-hybridized carbons (Fsp3) is 0.130. The van der Waals surface area contributed by atoms with Gasteiger partial charge in [0, 0.05) is 22.0 Å². The number of amides is 2. The van der Waals surface area contributed by atoms with Crippen LogP contribution in [0.3, 0.4) is 0 Å². The van der Waals surface area contributed by atoms with Crippen LogP contribution in [0.1, 0.15) is 23.0 Å². The summed E-state index contributed by atoms with van der Waals surface area (Å²) in [5, 5.41) is 8.56. The van der Waals surface area contributed by atoms with E-state index in [1.807, 2.05) is 43.3 Å². The first-order valence-corrected chi connectivity index (χ1v) is 9.35. The number of carbonyl (C=O) groups excluding carboxylic acids is 2. The molecular formula is C23H18N2O4. The fourth-order valence-corrected chi connectivity index (χ4v) is 3.64. The van der Waals surface area contributed by atoms with Gasteiger partial charge in [-0.25, -0.2) is 0 Å². The Morgan fingerprint density at radius 3 is 2.76 bits per heavy atom. The lowest BCUT2D eigenvalue weighted by atomic mass is 10.1. The number of fused-ring (bicyclic) bond motifs is 4. The summed E-state index contributed by atoms with van der Waals surface area (Å²) < 4.78 is 11.5. The van der Waals surface area contributed by atoms with Crippen molar-refractivity contribution in [1.82, 2.24) is 0 Å². The summed E-state index contributed by atoms with van der Waals surface area (Å²) in [5.41, 5.74) is 2.55. The Kier molecular flexibility index (Phi) is 3.81. The van der Waals surface area contributed by atoms with Gasteiger partial charge in [-0.2, -0.15) is 0 Å². The van der Waals surface area contributed by atoms with E-state index in [9.17, 15) is 9.59 Å². The lowest BCUT2D eigenvalue weighted by molar-refractivity contribution is -0.122. The molecule has 0 unspecified atom stereocenters. The Morgan fingerprint density at radius 1 is 1.07 bits per heavy atom. The summed E-state index contributed by atoms with van der Waals surface area (Å²) in [6.45, 7) is 3.56. The van der Waals surface area contributed by atoms with Gasteiger partial charge in [-0.15, -0.1) is 0 Å². The molecule has 0 spiro atoms. The van der Waals surface area contributed by atoms with Gasteiger partial charge in [0.2, 0.25) is 0 Å². The van der Waals surface area contributed by atoms with Gasteiger partial charge in [0.05, 0.1) is 5.69 Å². The Bertz CT molecular complexity index is 1310. The van der Waals surface area contributed by atoms with Crippen molar-refractivity contribution < 1.29 is 18.7 Å². The van der Waals surface area contributed by atoms with Crippen molar-refractivity contribution in [2.24, 2.45) is 0 Å². The van der Waals surface area contributed by atoms with Gasteiger partial charge in [-0.05, 0) is 37.4 Å². The van der Waals surface area contributed by atoms with Crippen molar-refractivity contribution in [1.29, 1.82) is 0 Å². The summed E-state index contributed by atoms with van der Waals surface area (Å²) in [6, 6.07) is 17.0. The van der Waals surface area contributed by atoms with E-state index in [0.717, 1.165) is 21.7 Å². The Hall–Kier alpha value is -3.80. The maximum absolute atomic E-state index is 12.9. The van der Waals surface area contributed by atoms with Crippen LogP contribution in [0, 0.1) is 6.92 Å². The van der Waals surface area contributed by atoms with Gasteiger partial charge >= 0.3 is 0 Å². The lowest BCUT2D eigenvalue weighted by Crippen LogP contribution is -2.34. The number of furan rings is 1. The Morgan fingerprint density at radius 2 is 1.90 bits per heavy atom. The predicted octanol–water partition coefficient (Wildman–Crippen LogP) is 4.87. The quantitative estimate of drug-likeness (QED) is 0.515. The topological polar surface area (TPSA) is 80.6 Å². The zero-order valence-electron chi connectivity index (χ0n) is 15.9. The molecule has 0 saturated carbocycles. The number of aryl methyl sites for hydroxylation is 1. The molecule has 0 fully saturated rings. The third-order valence-corrected chi connectivity index (χ3v) is 5.20. The van der Waals surface area contributed by atoms with Crippen molar-refractivity contribution in [2.45, 2.75) is 20.0 Å². The molecule has 1 aliphatic rings. The first-order valence-electron chi connectivity index (χ1n) is 9.35. The van der Waals surface area contributed by atoms with Crippen LogP contribution >= 0.6 is 0 Å². The van der Waals surface area contributed by atoms with Crippen LogP contribution in [0.5, 0.6) is 5.75 Å². The number of hydrogen-bond acceptors (Lipinski definition) is 4. The van der Waals surface area contributed by atoms with Crippen molar-refractivity contribution in [2.75, 3.05) is 10.6 Å². The maximum Gasteiger partial charge on any atom is 0.291 e. The van der Waals surface area contributed by atoms with Crippen LogP contribution in [0.2, 0.25) is 0 Å². The van der Waals surface area contributed by atoms with E-state index in [1.54, 1.807) is 25.1 Å². The minimum atomic E-state index is -0.545. The van der Waals surface area contributed by atoms with Crippen LogP contribution in [0.4, 0.5) is 11.4 Å². The van der Waals surface area contributed by atoms with E-state index in [2.05, 4.69) is 10.6 Å². The predicted molar refractivity (Wildman–Crippen MR) is 112 cm³/mol. The van der Waals surface area contributed by atoms with Crippen molar-refractivity contribution in [3.63, 3.8) is 0 Å². The van der Waals surface area contributed by atoms with Gasteiger partial charge in [0.25, 0.3) is 11.8 Å². The van der Waals surface area contributed by atoms with E-state index in [0.29, 0.717) is 22.7 Å². The van der Waals surface area contributed by atoms with Gasteiger partial charge in [0.1, 0.15) is 11.3 Å². The average Bonchev–Trinajstić information content (AvgIpc) is 3.06. The standard InChI is InChI=1S/C23H18N2O4/c1-12-16-9-7-14-5-3-4-6-17(14)21(16)29-20(12)23(27)24-15-8-10-19-18(11-15)25-22(26)13(2)28-19/h3-11,13H,1-2H3,(H,24,27)(H,25,26)/t13-/m1/s1. The van der Waals surface area contributed by atoms with Crippen molar-refractivity contribution >= 4 is 44.9 Å². The zero-order valence-corrected chi connectivity index (χ0v) is 15.9. The molecule has 2 N–H and O–H groups in total. The number of carbonyl (C=O) groups is 2. The number of hydrogen-bond donors (Lipinski definition) is 2. The molecule has 5 rings (SSSR count). The molecule has 6 heteroatoms. The summed E-state index contributed by atoms with van der Waals surface area (Å²) in [4.78, 5) is 24.7. The van der Waals surface area contributed by atoms with Gasteiger partial charge < -0.3 is 19.8 Å². The highest BCUT2D eigenvalue weighted by molar-refractivity contribution is 6.11. The van der Waals surface area contributed by atoms with Crippen LogP contribution < -0.4 is 15.4 Å². The molecule has 144 valence electrons. The molecule has 0 bridgehead atoms. The second-order valence-corrected chi connectivity index (χ2v) is 7.13. The van der Waals surface area contributed by atoms with Crippen LogP contribution in [0.25, 0.3) is 21.7 Å². The van der Waals surface area contributed by atoms with Crippen molar-refractivity contribution in [3.8, 4) is 5.75 Å². The van der Waals surface area contributed by atoms with Crippen molar-refractivity contribution in [3.05, 3.63) is 65.9 Å². The number of ether oxygens (including phenoxy) is 1. The average molecular weight is 386 g/mol. The molecule has 0 radical (unpaired) electrons. The second kappa shape index (κ2) is 6.38. The van der Waals surface area contributed by atoms with E-state index < -0.39 is 6.10 Å². The Balaban J connectivity index is 1.49. The molecule has 0 saturated heterocycles. The lowest BCUT2D eigenvalue weighted by Gasteiger charge is -2.23. The highest BCUT2D eigenvalue weighted by atomic mass is 16.5. The molecule has 1 aliphatic heterocycles. The normalized spacial score (nSPS) is 15.7. The molecule has 6 nitrogen and oxygen atoms in total. The monoisotopic (exact) mass is 386 g/mol. The minimum Gasteiger partial charge on any atom is -0.479 e. The SMILES string of the molecule is Cc1c(C(=O)Nc2ccc3c(c2)NC(=O)[C@@H](C)O3)oc2c1ccc1ccccc12. The van der Waals surface area contributed by atoms with E-state index >= 15 is 0 Å². The number of anilines is 2. The minimum absolute atomic E-state index is 0.221. The molecule has 3 aromatic carbocycles. The summed E-state index contributed by atoms with van der Waals surface area (Å²) in [6.07, 6.45) is -0.545. The third kappa shape index (κ3) is 2.81. The van der Waals surface area contributed by atoms with Crippen LogP contribution in [-0.2, 0) is 4.79 Å². The van der Waals surface area contributed by atoms with Gasteiger partial charge in [-0.1, -0.05) is 36.4 Å². The maximum atomic E-state index is 12.9. The molecule has 29 heavy (non-hydrogen) atoms. The first kappa shape index (κ1) is 17.3. The first-order chi connectivity index (χ1) is 14.0. The molecular weight excluding hydrogens is 368 g/mol. The summed E-state index contributed by atoms with van der Waals surface area (Å²) >= 11 is 0. The van der Waals surface area contributed by atoms with Gasteiger partial charge in [0.15, 0.2) is 11.9 Å². The smallest absolute Gasteiger partial charge is 0.291 e. The molecule has 0 aliphatic carbocycles. The van der Waals surface area contributed by atoms with E-state index in [1.165, 1.54) is 0 Å². The molecule has 1 atom stereocenters. The second-order valence-electron chi connectivity index (χ2n) is 7.13. The number of nitrogens with one attached hydrogen (secondary N) is 2. The highest BCUT2D eigenvalue weighted by Gasteiger charge is 2.24.